The van der Waals surface area contributed by atoms with Crippen molar-refractivity contribution in [2.45, 2.75) is 56.5 Å². The van der Waals surface area contributed by atoms with Crippen LogP contribution < -0.4 is 15.1 Å². The fraction of sp³-hybridized carbons (Fsp3) is 0.593. The molecule has 1 aromatic heterocycles. The molecule has 0 bridgehead atoms. The molecule has 8 heteroatoms. The summed E-state index contributed by atoms with van der Waals surface area (Å²) in [6, 6.07) is 8.96. The Morgan fingerprint density at radius 2 is 1.71 bits per heavy atom. The summed E-state index contributed by atoms with van der Waals surface area (Å²) in [6.07, 6.45) is 9.34. The Balaban J connectivity index is 1.25. The smallest absolute Gasteiger partial charge is 0.248 e. The van der Waals surface area contributed by atoms with Gasteiger partial charge >= 0.3 is 0 Å². The van der Waals surface area contributed by atoms with Gasteiger partial charge in [0.25, 0.3) is 0 Å². The lowest BCUT2D eigenvalue weighted by Gasteiger charge is -2.46. The highest BCUT2D eigenvalue weighted by Gasteiger charge is 2.55. The number of nitrogens with zero attached hydrogens (tertiary/aromatic N) is 6. The molecule has 1 amide bonds. The van der Waals surface area contributed by atoms with Gasteiger partial charge in [-0.15, -0.1) is 0 Å². The number of nitrogens with one attached hydrogen (secondary N) is 1. The van der Waals surface area contributed by atoms with Crippen molar-refractivity contribution in [3.63, 3.8) is 0 Å². The number of carbonyl (C=O) groups excluding carboxylic acids is 1. The quantitative estimate of drug-likeness (QED) is 0.728. The van der Waals surface area contributed by atoms with Gasteiger partial charge in [0.15, 0.2) is 0 Å². The fourth-order valence-corrected chi connectivity index (χ4v) is 6.59. The number of carbonyl (C=O) groups is 1. The van der Waals surface area contributed by atoms with E-state index in [-0.39, 0.29) is 5.91 Å². The molecular formula is C27H37N7O. The maximum atomic E-state index is 13.6. The molecule has 2 saturated heterocycles. The first-order valence-electron chi connectivity index (χ1n) is 13.2. The van der Waals surface area contributed by atoms with Crippen molar-refractivity contribution in [1.29, 1.82) is 0 Å². The molecule has 2 aromatic rings. The molecule has 35 heavy (non-hydrogen) atoms. The average molecular weight is 476 g/mol. The lowest BCUT2D eigenvalue weighted by Crippen LogP contribution is -2.63. The third kappa shape index (κ3) is 4.01. The molecule has 1 aromatic carbocycles. The van der Waals surface area contributed by atoms with E-state index in [9.17, 15) is 4.79 Å². The number of piperidine rings is 1. The molecule has 1 saturated carbocycles. The van der Waals surface area contributed by atoms with Crippen LogP contribution in [-0.2, 0) is 11.2 Å². The first-order valence-corrected chi connectivity index (χ1v) is 13.2. The van der Waals surface area contributed by atoms with Gasteiger partial charge in [0.2, 0.25) is 11.9 Å². The zero-order valence-electron chi connectivity index (χ0n) is 21.0. The molecule has 3 aliphatic heterocycles. The molecule has 1 spiro atoms. The summed E-state index contributed by atoms with van der Waals surface area (Å²) in [7, 11) is 4.13. The van der Waals surface area contributed by atoms with Crippen molar-refractivity contribution in [3.05, 3.63) is 36.0 Å². The Morgan fingerprint density at radius 1 is 0.971 bits per heavy atom. The van der Waals surface area contributed by atoms with E-state index in [1.165, 1.54) is 18.5 Å². The van der Waals surface area contributed by atoms with Gasteiger partial charge in [0.05, 0.1) is 0 Å². The first-order chi connectivity index (χ1) is 17.0. The molecule has 8 nitrogen and oxygen atoms in total. The van der Waals surface area contributed by atoms with Crippen LogP contribution in [0.25, 0.3) is 0 Å². The first kappa shape index (κ1) is 22.6. The van der Waals surface area contributed by atoms with E-state index in [1.54, 1.807) is 0 Å². The van der Waals surface area contributed by atoms with Crippen LogP contribution in [-0.4, -0.2) is 84.1 Å². The van der Waals surface area contributed by atoms with Crippen LogP contribution in [0.4, 0.5) is 23.1 Å². The van der Waals surface area contributed by atoms with Crippen LogP contribution in [0.1, 0.15) is 44.1 Å². The maximum absolute atomic E-state index is 13.6. The minimum absolute atomic E-state index is 0.252. The molecule has 0 radical (unpaired) electrons. The topological polar surface area (TPSA) is 67.8 Å². The van der Waals surface area contributed by atoms with E-state index < -0.39 is 5.54 Å². The standard InChI is InChI=1S/C27H37N7O/c1-31-14-16-33(17-15-31)22-10-8-21(9-11-22)29-26-28-19-20-18-27(12-5-13-32(2)25(27)35)34(24(20)30-26)23-6-3-4-7-23/h8-11,19,23H,3-7,12-18H2,1-2H3,(H,28,29,30). The van der Waals surface area contributed by atoms with E-state index in [4.69, 9.17) is 4.98 Å². The summed E-state index contributed by atoms with van der Waals surface area (Å²) in [5.74, 6) is 1.82. The zero-order valence-corrected chi connectivity index (χ0v) is 21.0. The van der Waals surface area contributed by atoms with E-state index in [2.05, 4.69) is 56.3 Å². The van der Waals surface area contributed by atoms with Gasteiger partial charge in [0, 0.05) is 75.4 Å². The highest BCUT2D eigenvalue weighted by Crippen LogP contribution is 2.47. The lowest BCUT2D eigenvalue weighted by molar-refractivity contribution is -0.138. The Labute approximate surface area is 208 Å². The van der Waals surface area contributed by atoms with Gasteiger partial charge in [-0.1, -0.05) is 12.8 Å². The number of likely N-dealkylation sites (N-methyl/N-ethyl adjacent to an activating group) is 2. The predicted octanol–water partition coefficient (Wildman–Crippen LogP) is 3.27. The van der Waals surface area contributed by atoms with Crippen LogP contribution in [0.15, 0.2) is 30.5 Å². The zero-order chi connectivity index (χ0) is 24.0. The van der Waals surface area contributed by atoms with Crippen molar-refractivity contribution in [2.24, 2.45) is 0 Å². The number of aromatic nitrogens is 2. The number of benzene rings is 1. The third-order valence-electron chi connectivity index (χ3n) is 8.52. The van der Waals surface area contributed by atoms with E-state index in [0.717, 1.165) is 81.9 Å². The van der Waals surface area contributed by atoms with Gasteiger partial charge < -0.3 is 24.9 Å². The number of piperazine rings is 1. The van der Waals surface area contributed by atoms with Crippen LogP contribution in [0.5, 0.6) is 0 Å². The van der Waals surface area contributed by atoms with Gasteiger partial charge in [-0.25, -0.2) is 4.98 Å². The monoisotopic (exact) mass is 475 g/mol. The Morgan fingerprint density at radius 3 is 2.46 bits per heavy atom. The molecule has 1 unspecified atom stereocenters. The number of hydrogen-bond donors (Lipinski definition) is 1. The van der Waals surface area contributed by atoms with E-state index >= 15 is 0 Å². The predicted molar refractivity (Wildman–Crippen MR) is 140 cm³/mol. The highest BCUT2D eigenvalue weighted by molar-refractivity contribution is 5.93. The van der Waals surface area contributed by atoms with Crippen molar-refractivity contribution < 1.29 is 4.79 Å². The second-order valence-corrected chi connectivity index (χ2v) is 10.9. The molecule has 186 valence electrons. The Kier molecular flexibility index (Phi) is 5.79. The molecule has 4 heterocycles. The molecule has 1 atom stereocenters. The number of fused-ring (bicyclic) bond motifs is 1. The summed E-state index contributed by atoms with van der Waals surface area (Å²) in [6.45, 7) is 5.16. The molecule has 1 aliphatic carbocycles. The van der Waals surface area contributed by atoms with Gasteiger partial charge in [-0.3, -0.25) is 4.79 Å². The lowest BCUT2D eigenvalue weighted by atomic mass is 9.83. The molecule has 1 N–H and O–H groups in total. The maximum Gasteiger partial charge on any atom is 0.248 e. The van der Waals surface area contributed by atoms with Gasteiger partial charge in [-0.2, -0.15) is 4.98 Å². The highest BCUT2D eigenvalue weighted by atomic mass is 16.2. The Hall–Kier alpha value is -2.87. The SMILES string of the molecule is CN1CCN(c2ccc(Nc3ncc4c(n3)N(C3CCCC3)C3(CCCN(C)C3=O)C4)cc2)CC1. The molecule has 3 fully saturated rings. The van der Waals surface area contributed by atoms with Gasteiger partial charge in [-0.05, 0) is 57.0 Å². The van der Waals surface area contributed by atoms with E-state index in [0.29, 0.717) is 12.0 Å². The summed E-state index contributed by atoms with van der Waals surface area (Å²) < 4.78 is 0. The third-order valence-corrected chi connectivity index (χ3v) is 8.52. The summed E-state index contributed by atoms with van der Waals surface area (Å²) in [5, 5.41) is 3.42. The molecule has 4 aliphatic rings. The fourth-order valence-electron chi connectivity index (χ4n) is 6.59. The number of amides is 1. The number of anilines is 4. The average Bonchev–Trinajstić information content (AvgIpc) is 3.49. The Bertz CT molecular complexity index is 1080. The van der Waals surface area contributed by atoms with Crippen molar-refractivity contribution in [1.82, 2.24) is 19.8 Å². The van der Waals surface area contributed by atoms with Crippen LogP contribution in [0.2, 0.25) is 0 Å². The second kappa shape index (κ2) is 8.97. The summed E-state index contributed by atoms with van der Waals surface area (Å²) in [4.78, 5) is 32.4. The minimum Gasteiger partial charge on any atom is -0.369 e. The van der Waals surface area contributed by atoms with Crippen LogP contribution in [0.3, 0.4) is 0 Å². The van der Waals surface area contributed by atoms with Crippen molar-refractivity contribution >= 4 is 29.0 Å². The molecule has 6 rings (SSSR count). The summed E-state index contributed by atoms with van der Waals surface area (Å²) in [5.41, 5.74) is 2.86. The normalized spacial score (nSPS) is 25.5. The van der Waals surface area contributed by atoms with Crippen molar-refractivity contribution in [2.75, 3.05) is 61.9 Å². The number of hydrogen-bond acceptors (Lipinski definition) is 7. The number of likely N-dealkylation sites (tertiary alicyclic amines) is 1. The second-order valence-electron chi connectivity index (χ2n) is 10.9. The van der Waals surface area contributed by atoms with E-state index in [1.807, 2.05) is 18.1 Å². The van der Waals surface area contributed by atoms with Crippen molar-refractivity contribution in [3.8, 4) is 0 Å². The van der Waals surface area contributed by atoms with Crippen LogP contribution in [0, 0.1) is 0 Å². The molecular weight excluding hydrogens is 438 g/mol. The summed E-state index contributed by atoms with van der Waals surface area (Å²) >= 11 is 0. The minimum atomic E-state index is -0.484. The van der Waals surface area contributed by atoms with Crippen LogP contribution >= 0.6 is 0 Å². The largest absolute Gasteiger partial charge is 0.369 e. The van der Waals surface area contributed by atoms with Gasteiger partial charge in [0.1, 0.15) is 11.4 Å². The number of rotatable bonds is 4.